The number of benzene rings is 8. The van der Waals surface area contributed by atoms with Gasteiger partial charge in [0.15, 0.2) is 69.8 Å². The van der Waals surface area contributed by atoms with Crippen molar-refractivity contribution in [2.24, 2.45) is 0 Å². The van der Waals surface area contributed by atoms with Gasteiger partial charge in [-0.3, -0.25) is 0 Å². The van der Waals surface area contributed by atoms with Crippen LogP contribution >= 0.6 is 0 Å². The molecule has 0 heterocycles. The fourth-order valence-corrected chi connectivity index (χ4v) is 6.79. The molecule has 0 bridgehead atoms. The van der Waals surface area contributed by atoms with Crippen molar-refractivity contribution in [3.63, 3.8) is 0 Å². The van der Waals surface area contributed by atoms with E-state index in [1.807, 2.05) is 0 Å². The molecule has 12 heteroatoms. The normalized spacial score (nSPS) is 11.8. The predicted octanol–water partition coefficient (Wildman–Crippen LogP) is 12.9. The van der Waals surface area contributed by atoms with Crippen molar-refractivity contribution in [2.45, 2.75) is 0 Å². The quantitative estimate of drug-likeness (QED) is 0.0964. The van der Waals surface area contributed by atoms with Crippen LogP contribution in [0.3, 0.4) is 0 Å². The van der Waals surface area contributed by atoms with Crippen LogP contribution < -0.4 is 0 Å². The van der Waals surface area contributed by atoms with Gasteiger partial charge in [-0.15, -0.1) is 0 Å². The molecule has 0 amide bonds. The van der Waals surface area contributed by atoms with Crippen molar-refractivity contribution < 1.29 is 52.7 Å². The summed E-state index contributed by atoms with van der Waals surface area (Å²) in [4.78, 5) is 0. The summed E-state index contributed by atoms with van der Waals surface area (Å²) in [6.07, 6.45) is 0. The second-order valence-electron chi connectivity index (χ2n) is 12.0. The van der Waals surface area contributed by atoms with Crippen LogP contribution in [0.25, 0.3) is 76.8 Å². The lowest BCUT2D eigenvalue weighted by Crippen LogP contribution is -1.98. The Hall–Kier alpha value is -6.04. The molecule has 0 aliphatic heterocycles. The van der Waals surface area contributed by atoms with E-state index in [-0.39, 0.29) is 76.8 Å². The lowest BCUT2D eigenvalue weighted by molar-refractivity contribution is 0.447. The molecule has 0 spiro atoms. The summed E-state index contributed by atoms with van der Waals surface area (Å²) in [6, 6.07) is 13.7. The van der Waals surface area contributed by atoms with Gasteiger partial charge in [-0.2, -0.15) is 0 Å². The minimum Gasteiger partial charge on any atom is -0.204 e. The predicted molar refractivity (Wildman–Crippen MR) is 171 cm³/mol. The van der Waals surface area contributed by atoms with Crippen molar-refractivity contribution in [3.05, 3.63) is 155 Å². The maximum Gasteiger partial charge on any atom is 0.194 e. The molecule has 52 heavy (non-hydrogen) atoms. The molecule has 0 fully saturated rings. The third kappa shape index (κ3) is 4.95. The van der Waals surface area contributed by atoms with E-state index < -0.39 is 69.8 Å². The molecular formula is C40H14F12. The first kappa shape index (κ1) is 33.1. The van der Waals surface area contributed by atoms with E-state index in [4.69, 9.17) is 0 Å². The van der Waals surface area contributed by atoms with E-state index in [0.29, 0.717) is 48.5 Å². The van der Waals surface area contributed by atoms with E-state index in [1.165, 1.54) is 36.4 Å². The minimum atomic E-state index is -1.78. The summed E-state index contributed by atoms with van der Waals surface area (Å²) >= 11 is 0. The maximum absolute atomic E-state index is 14.6. The largest absolute Gasteiger partial charge is 0.204 e. The molecule has 0 saturated heterocycles. The fourth-order valence-electron chi connectivity index (χ4n) is 6.79. The van der Waals surface area contributed by atoms with Crippen molar-refractivity contribution in [1.82, 2.24) is 0 Å². The summed E-state index contributed by atoms with van der Waals surface area (Å²) in [6.45, 7) is 0. The third-order valence-corrected chi connectivity index (χ3v) is 9.08. The highest BCUT2D eigenvalue weighted by molar-refractivity contribution is 6.31. The van der Waals surface area contributed by atoms with Crippen LogP contribution in [0.15, 0.2) is 84.9 Å². The van der Waals surface area contributed by atoms with Gasteiger partial charge in [0, 0.05) is 0 Å². The molecule has 0 nitrogen and oxygen atoms in total. The van der Waals surface area contributed by atoms with E-state index in [2.05, 4.69) is 0 Å². The third-order valence-electron chi connectivity index (χ3n) is 9.08. The molecule has 0 aliphatic carbocycles. The van der Waals surface area contributed by atoms with Gasteiger partial charge in [0.25, 0.3) is 0 Å². The van der Waals surface area contributed by atoms with E-state index in [9.17, 15) is 52.7 Å². The van der Waals surface area contributed by atoms with Gasteiger partial charge in [0.1, 0.15) is 0 Å². The van der Waals surface area contributed by atoms with E-state index in [0.717, 1.165) is 0 Å². The van der Waals surface area contributed by atoms with Crippen LogP contribution in [0.2, 0.25) is 0 Å². The van der Waals surface area contributed by atoms with Crippen LogP contribution in [0, 0.1) is 69.8 Å². The number of hydrogen-bond donors (Lipinski definition) is 0. The number of halogens is 12. The van der Waals surface area contributed by atoms with E-state index in [1.54, 1.807) is 0 Å². The lowest BCUT2D eigenvalue weighted by Gasteiger charge is -2.22. The zero-order valence-electron chi connectivity index (χ0n) is 25.6. The monoisotopic (exact) mass is 722 g/mol. The van der Waals surface area contributed by atoms with Crippen LogP contribution in [-0.4, -0.2) is 0 Å². The second kappa shape index (κ2) is 11.8. The molecule has 0 aliphatic rings. The lowest BCUT2D eigenvalue weighted by atomic mass is 9.82. The zero-order chi connectivity index (χ0) is 36.9. The Morgan fingerprint density at radius 3 is 0.577 bits per heavy atom. The first-order chi connectivity index (χ1) is 24.7. The van der Waals surface area contributed by atoms with Crippen molar-refractivity contribution in [1.29, 1.82) is 0 Å². The topological polar surface area (TPSA) is 0 Å². The first-order valence-electron chi connectivity index (χ1n) is 15.1. The highest BCUT2D eigenvalue weighted by Crippen LogP contribution is 2.49. The first-order valence-corrected chi connectivity index (χ1v) is 15.1. The van der Waals surface area contributed by atoms with Crippen molar-refractivity contribution in [3.8, 4) is 44.5 Å². The molecule has 0 N–H and O–H groups in total. The minimum absolute atomic E-state index is 0.0236. The number of rotatable bonds is 4. The van der Waals surface area contributed by atoms with Gasteiger partial charge in [-0.1, -0.05) is 24.3 Å². The molecule has 8 aromatic rings. The fraction of sp³-hybridized carbons (Fsp3) is 0. The Labute approximate surface area is 284 Å². The van der Waals surface area contributed by atoms with Crippen LogP contribution in [0.1, 0.15) is 0 Å². The summed E-state index contributed by atoms with van der Waals surface area (Å²) in [5.41, 5.74) is -1.08. The molecule has 0 atom stereocenters. The molecule has 0 radical (unpaired) electrons. The summed E-state index contributed by atoms with van der Waals surface area (Å²) < 4.78 is 173. The van der Waals surface area contributed by atoms with Crippen LogP contribution in [0.4, 0.5) is 52.7 Å². The van der Waals surface area contributed by atoms with Crippen molar-refractivity contribution >= 4 is 32.3 Å². The van der Waals surface area contributed by atoms with Gasteiger partial charge in [-0.05, 0) is 137 Å². The highest BCUT2D eigenvalue weighted by atomic mass is 19.2. The standard InChI is InChI=1S/C40H14F12/c41-27-5-15(6-28(42)37(27)49)23-13-25(17-9-31(45)39(51)32(46)10-17)21-3-4-22-26(18-11-33(47)40(52)34(48)12-18)14-24(16-7-29(43)38(50)30(44)8-16)20-2-1-19(23)35(21)36(20)22/h1-14H. The van der Waals surface area contributed by atoms with E-state index >= 15 is 0 Å². The zero-order valence-corrected chi connectivity index (χ0v) is 25.6. The van der Waals surface area contributed by atoms with Gasteiger partial charge in [0.05, 0.1) is 0 Å². The molecular weight excluding hydrogens is 708 g/mol. The Bertz CT molecular complexity index is 2360. The summed E-state index contributed by atoms with van der Waals surface area (Å²) in [5.74, 6) is -19.7. The Morgan fingerprint density at radius 1 is 0.231 bits per heavy atom. The molecule has 258 valence electrons. The average molecular weight is 723 g/mol. The Kier molecular flexibility index (Phi) is 7.49. The smallest absolute Gasteiger partial charge is 0.194 e. The van der Waals surface area contributed by atoms with Gasteiger partial charge < -0.3 is 0 Å². The average Bonchev–Trinajstić information content (AvgIpc) is 3.11. The molecule has 0 unspecified atom stereocenters. The summed E-state index contributed by atoms with van der Waals surface area (Å²) in [5, 5.41) is 1.05. The van der Waals surface area contributed by atoms with Gasteiger partial charge in [0.2, 0.25) is 0 Å². The van der Waals surface area contributed by atoms with Gasteiger partial charge >= 0.3 is 0 Å². The maximum atomic E-state index is 14.6. The number of hydrogen-bond acceptors (Lipinski definition) is 0. The second-order valence-corrected chi connectivity index (χ2v) is 12.0. The van der Waals surface area contributed by atoms with Crippen LogP contribution in [0.5, 0.6) is 0 Å². The molecule has 0 saturated carbocycles. The molecule has 0 aromatic heterocycles. The van der Waals surface area contributed by atoms with Gasteiger partial charge in [-0.25, -0.2) is 52.7 Å². The molecule has 8 aromatic carbocycles. The Balaban J connectivity index is 1.60. The highest BCUT2D eigenvalue weighted by Gasteiger charge is 2.25. The van der Waals surface area contributed by atoms with Crippen LogP contribution in [-0.2, 0) is 0 Å². The van der Waals surface area contributed by atoms with Crippen molar-refractivity contribution in [2.75, 3.05) is 0 Å². The molecule has 8 rings (SSSR count). The Morgan fingerprint density at radius 2 is 0.404 bits per heavy atom. The SMILES string of the molecule is Fc1cc(-c2cc(-c3cc(F)c(F)c(F)c3)c3ccc4c(-c5cc(F)c(F)c(F)c5)cc(-c5cc(F)c(F)c(F)c5)c5ccc2c3c54)cc(F)c1F. The summed E-state index contributed by atoms with van der Waals surface area (Å²) in [7, 11) is 0.